The second kappa shape index (κ2) is 2.95. The average molecular weight is 240 g/mol. The van der Waals surface area contributed by atoms with Gasteiger partial charge >= 0.3 is 6.09 Å². The number of hydrogen-bond donors (Lipinski definition) is 1. The molecule has 5 nitrogen and oxygen atoms in total. The van der Waals surface area contributed by atoms with Crippen molar-refractivity contribution in [3.8, 4) is 0 Å². The van der Waals surface area contributed by atoms with Crippen LogP contribution in [0.15, 0.2) is 0 Å². The molecule has 3 saturated heterocycles. The van der Waals surface area contributed by atoms with Crippen LogP contribution in [-0.2, 0) is 4.74 Å². The molecule has 5 heteroatoms. The van der Waals surface area contributed by atoms with Gasteiger partial charge in [0.05, 0.1) is 12.1 Å². The maximum Gasteiger partial charge on any atom is 0.410 e. The highest BCUT2D eigenvalue weighted by atomic mass is 16.6. The highest BCUT2D eigenvalue weighted by Crippen LogP contribution is 2.58. The molecule has 0 aliphatic carbocycles. The number of β-amino-alcohol motifs (C(OH)–C–C–N with tert-alkyl or cyclic N) is 1. The smallest absolute Gasteiger partial charge is 0.410 e. The first-order chi connectivity index (χ1) is 7.76. The lowest BCUT2D eigenvalue weighted by atomic mass is 9.90. The zero-order valence-electron chi connectivity index (χ0n) is 10.7. The van der Waals surface area contributed by atoms with Gasteiger partial charge in [-0.2, -0.15) is 0 Å². The first-order valence-electron chi connectivity index (χ1n) is 6.21. The Kier molecular flexibility index (Phi) is 1.96. The van der Waals surface area contributed by atoms with Crippen molar-refractivity contribution in [3.05, 3.63) is 0 Å². The topological polar surface area (TPSA) is 52.8 Å². The fourth-order valence-electron chi connectivity index (χ4n) is 2.76. The summed E-state index contributed by atoms with van der Waals surface area (Å²) in [5, 5.41) is 10.6. The van der Waals surface area contributed by atoms with Gasteiger partial charge in [-0.05, 0) is 27.2 Å². The lowest BCUT2D eigenvalue weighted by Crippen LogP contribution is -2.45. The van der Waals surface area contributed by atoms with E-state index in [0.717, 1.165) is 13.1 Å². The summed E-state index contributed by atoms with van der Waals surface area (Å²) in [4.78, 5) is 15.8. The van der Waals surface area contributed by atoms with E-state index in [1.165, 1.54) is 0 Å². The number of hydrogen-bond acceptors (Lipinski definition) is 4. The summed E-state index contributed by atoms with van der Waals surface area (Å²) in [5.41, 5.74) is -1.16. The van der Waals surface area contributed by atoms with Gasteiger partial charge in [-0.1, -0.05) is 0 Å². The zero-order valence-corrected chi connectivity index (χ0v) is 10.7. The third-order valence-electron chi connectivity index (χ3n) is 4.07. The fourth-order valence-corrected chi connectivity index (χ4v) is 2.76. The van der Waals surface area contributed by atoms with Gasteiger partial charge in [-0.3, -0.25) is 4.90 Å². The van der Waals surface area contributed by atoms with Crippen molar-refractivity contribution in [1.82, 2.24) is 9.80 Å². The van der Waals surface area contributed by atoms with Gasteiger partial charge in [0.2, 0.25) is 0 Å². The number of ether oxygens (including phenoxy) is 1. The van der Waals surface area contributed by atoms with Crippen LogP contribution in [0.25, 0.3) is 0 Å². The minimum atomic E-state index is -0.704. The third-order valence-corrected chi connectivity index (χ3v) is 4.07. The Morgan fingerprint density at radius 3 is 2.35 bits per heavy atom. The molecule has 1 unspecified atom stereocenters. The first-order valence-corrected chi connectivity index (χ1v) is 6.21. The molecule has 3 aliphatic heterocycles. The molecule has 1 atom stereocenters. The molecule has 0 aromatic carbocycles. The Balaban J connectivity index is 1.62. The van der Waals surface area contributed by atoms with Crippen LogP contribution in [-0.4, -0.2) is 63.9 Å². The van der Waals surface area contributed by atoms with Crippen molar-refractivity contribution in [3.63, 3.8) is 0 Å². The van der Waals surface area contributed by atoms with Gasteiger partial charge in [-0.25, -0.2) is 4.79 Å². The molecule has 0 bridgehead atoms. The molecule has 1 amide bonds. The van der Waals surface area contributed by atoms with Crippen LogP contribution >= 0.6 is 0 Å². The highest BCUT2D eigenvalue weighted by Gasteiger charge is 2.78. The largest absolute Gasteiger partial charge is 0.444 e. The Morgan fingerprint density at radius 1 is 1.29 bits per heavy atom. The van der Waals surface area contributed by atoms with E-state index in [0.29, 0.717) is 19.5 Å². The van der Waals surface area contributed by atoms with Crippen LogP contribution in [0.4, 0.5) is 4.79 Å². The number of likely N-dealkylation sites (tertiary alicyclic amines) is 1. The van der Waals surface area contributed by atoms with Crippen molar-refractivity contribution in [2.75, 3.05) is 26.2 Å². The van der Waals surface area contributed by atoms with E-state index < -0.39 is 11.2 Å². The van der Waals surface area contributed by atoms with E-state index in [1.54, 1.807) is 4.90 Å². The van der Waals surface area contributed by atoms with Crippen LogP contribution < -0.4 is 0 Å². The number of aliphatic hydroxyl groups is 1. The predicted molar refractivity (Wildman–Crippen MR) is 61.7 cm³/mol. The van der Waals surface area contributed by atoms with Gasteiger partial charge in [-0.15, -0.1) is 0 Å². The van der Waals surface area contributed by atoms with Gasteiger partial charge < -0.3 is 14.7 Å². The van der Waals surface area contributed by atoms with E-state index in [9.17, 15) is 9.90 Å². The van der Waals surface area contributed by atoms with Crippen LogP contribution in [0.5, 0.6) is 0 Å². The predicted octanol–water partition coefficient (Wildman–Crippen LogP) is 0.426. The highest BCUT2D eigenvalue weighted by molar-refractivity contribution is 5.69. The zero-order chi connectivity index (χ0) is 12.5. The Bertz CT molecular complexity index is 370. The van der Waals surface area contributed by atoms with E-state index in [1.807, 2.05) is 20.8 Å². The summed E-state index contributed by atoms with van der Waals surface area (Å²) in [6.45, 7) is 8.57. The minimum Gasteiger partial charge on any atom is -0.444 e. The maximum absolute atomic E-state index is 11.9. The molecule has 0 saturated carbocycles. The number of rotatable bonds is 1. The third kappa shape index (κ3) is 1.64. The SMILES string of the molecule is CC(C)(C)OC(=O)N1CCC(O)(C23CN2C3)C1. The summed E-state index contributed by atoms with van der Waals surface area (Å²) in [5.74, 6) is 0. The summed E-state index contributed by atoms with van der Waals surface area (Å²) in [7, 11) is 0. The summed E-state index contributed by atoms with van der Waals surface area (Å²) < 4.78 is 5.32. The normalized spacial score (nSPS) is 43.3. The van der Waals surface area contributed by atoms with E-state index in [2.05, 4.69) is 4.90 Å². The molecule has 3 rings (SSSR count). The molecule has 3 aliphatic rings. The maximum atomic E-state index is 11.9. The standard InChI is InChI=1S/C12H20N2O3/c1-10(2,3)17-9(15)13-5-4-12(16,8-13)11-6-14(11)7-11/h16H,4-8H2,1-3H3. The summed E-state index contributed by atoms with van der Waals surface area (Å²) >= 11 is 0. The Hall–Kier alpha value is -0.810. The molecule has 0 aromatic heterocycles. The van der Waals surface area contributed by atoms with Crippen LogP contribution in [0.2, 0.25) is 0 Å². The molecule has 0 aromatic rings. The van der Waals surface area contributed by atoms with Crippen LogP contribution in [0, 0.1) is 0 Å². The lowest BCUT2D eigenvalue weighted by molar-refractivity contribution is 0.00988. The fraction of sp³-hybridized carbons (Fsp3) is 0.917. The summed E-state index contributed by atoms with van der Waals surface area (Å²) in [6, 6.07) is 0. The molecule has 3 heterocycles. The van der Waals surface area contributed by atoms with Gasteiger partial charge in [0.25, 0.3) is 0 Å². The average Bonchev–Trinajstić information content (AvgIpc) is 2.95. The summed E-state index contributed by atoms with van der Waals surface area (Å²) in [6.07, 6.45) is 0.362. The molecule has 0 spiro atoms. The molecule has 1 N–H and O–H groups in total. The molecular weight excluding hydrogens is 220 g/mol. The van der Waals surface area contributed by atoms with E-state index in [-0.39, 0.29) is 11.6 Å². The molecule has 0 radical (unpaired) electrons. The minimum absolute atomic E-state index is 0.0176. The molecule has 17 heavy (non-hydrogen) atoms. The van der Waals surface area contributed by atoms with Crippen molar-refractivity contribution in [2.24, 2.45) is 0 Å². The quantitative estimate of drug-likeness (QED) is 0.675. The Labute approximate surface area is 101 Å². The monoisotopic (exact) mass is 240 g/mol. The molecule has 96 valence electrons. The Morgan fingerprint density at radius 2 is 1.88 bits per heavy atom. The van der Waals surface area contributed by atoms with Gasteiger partial charge in [0.15, 0.2) is 0 Å². The van der Waals surface area contributed by atoms with Gasteiger partial charge in [0, 0.05) is 19.6 Å². The van der Waals surface area contributed by atoms with Crippen molar-refractivity contribution in [1.29, 1.82) is 0 Å². The number of fused-ring (bicyclic) bond motifs is 1. The van der Waals surface area contributed by atoms with E-state index >= 15 is 0 Å². The number of carbonyl (C=O) groups excluding carboxylic acids is 1. The second-order valence-corrected chi connectivity index (χ2v) is 6.57. The first kappa shape index (κ1) is 11.3. The van der Waals surface area contributed by atoms with Crippen LogP contribution in [0.1, 0.15) is 27.2 Å². The van der Waals surface area contributed by atoms with Crippen molar-refractivity contribution in [2.45, 2.75) is 43.9 Å². The second-order valence-electron chi connectivity index (χ2n) is 6.57. The van der Waals surface area contributed by atoms with E-state index in [4.69, 9.17) is 4.74 Å². The van der Waals surface area contributed by atoms with Crippen LogP contribution in [0.3, 0.4) is 0 Å². The van der Waals surface area contributed by atoms with Crippen molar-refractivity contribution < 1.29 is 14.6 Å². The number of carbonyl (C=O) groups is 1. The lowest BCUT2D eigenvalue weighted by Gasteiger charge is -2.27. The van der Waals surface area contributed by atoms with Gasteiger partial charge in [0.1, 0.15) is 11.2 Å². The molecule has 3 fully saturated rings. The number of nitrogens with zero attached hydrogens (tertiary/aromatic N) is 2. The molecular formula is C12H20N2O3. The number of amides is 1. The van der Waals surface area contributed by atoms with Crippen molar-refractivity contribution >= 4 is 6.09 Å².